The molecule has 13 heteroatoms. The zero-order chi connectivity index (χ0) is 27.6. The van der Waals surface area contributed by atoms with E-state index in [0.717, 1.165) is 6.07 Å². The van der Waals surface area contributed by atoms with E-state index in [1.165, 1.54) is 13.2 Å². The lowest BCUT2D eigenvalue weighted by Crippen LogP contribution is -2.60. The summed E-state index contributed by atoms with van der Waals surface area (Å²) in [5.41, 5.74) is 0.933. The van der Waals surface area contributed by atoms with Gasteiger partial charge in [-0.15, -0.1) is 0 Å². The van der Waals surface area contributed by atoms with Crippen molar-refractivity contribution in [2.45, 2.75) is 37.6 Å². The smallest absolute Gasteiger partial charge is 0.274 e. The Hall–Kier alpha value is -3.39. The van der Waals surface area contributed by atoms with Crippen molar-refractivity contribution in [2.75, 3.05) is 20.3 Å². The number of aromatic nitrogens is 1. The van der Waals surface area contributed by atoms with E-state index in [-0.39, 0.29) is 33.5 Å². The van der Waals surface area contributed by atoms with E-state index in [1.807, 2.05) is 0 Å². The molecule has 204 valence electrons. The Morgan fingerprint density at radius 2 is 1.84 bits per heavy atom. The molecule has 2 aromatic carbocycles. The number of phenols is 1. The first-order valence-corrected chi connectivity index (χ1v) is 12.0. The van der Waals surface area contributed by atoms with Gasteiger partial charge in [0.05, 0.1) is 29.9 Å². The van der Waals surface area contributed by atoms with E-state index < -0.39 is 43.2 Å². The summed E-state index contributed by atoms with van der Waals surface area (Å²) in [6.07, 6.45) is -7.62. The summed E-state index contributed by atoms with van der Waals surface area (Å²) in [6, 6.07) is 9.23. The molecule has 0 bridgehead atoms. The molecule has 1 amide bonds. The second kappa shape index (κ2) is 11.6. The van der Waals surface area contributed by atoms with Gasteiger partial charge in [0.1, 0.15) is 41.7 Å². The number of nitrogens with one attached hydrogen (secondary N) is 1. The second-order valence-corrected chi connectivity index (χ2v) is 8.85. The Labute approximate surface area is 221 Å². The number of rotatable bonds is 8. The van der Waals surface area contributed by atoms with Crippen LogP contribution >= 0.6 is 11.6 Å². The van der Waals surface area contributed by atoms with Crippen molar-refractivity contribution in [3.8, 4) is 39.7 Å². The molecule has 12 nitrogen and oxygen atoms in total. The number of carbonyl (C=O) groups excluding carboxylic acids is 1. The standard InChI is InChI=1S/C25H27ClN2O10/c1-3-27-24(34)19-18(11-4-6-12(35-2)7-5-11)23(38-28-19)13-8-14(26)16(9-15(13)30)36-25-22(33)21(32)20(31)17(10-29)37-25/h4-9,17,20-22,25,29-33H,3,10H2,1-2H3,(H,27,34)/t17-,20+,21+,22-,25-/m1/s1. The topological polar surface area (TPSA) is 184 Å². The molecule has 1 saturated heterocycles. The number of amides is 1. The molecule has 0 aliphatic carbocycles. The fourth-order valence-corrected chi connectivity index (χ4v) is 4.21. The number of halogens is 1. The number of aliphatic hydroxyl groups excluding tert-OH is 4. The third-order valence-corrected chi connectivity index (χ3v) is 6.30. The molecule has 38 heavy (non-hydrogen) atoms. The van der Waals surface area contributed by atoms with Gasteiger partial charge in [-0.1, -0.05) is 28.9 Å². The highest BCUT2D eigenvalue weighted by Gasteiger charge is 2.45. The van der Waals surface area contributed by atoms with Gasteiger partial charge in [0.15, 0.2) is 11.5 Å². The first-order chi connectivity index (χ1) is 18.2. The molecule has 3 aromatic rings. The van der Waals surface area contributed by atoms with Crippen LogP contribution in [0, 0.1) is 0 Å². The van der Waals surface area contributed by atoms with Crippen LogP contribution < -0.4 is 14.8 Å². The highest BCUT2D eigenvalue weighted by Crippen LogP contribution is 2.44. The van der Waals surface area contributed by atoms with Gasteiger partial charge < -0.3 is 49.6 Å². The van der Waals surface area contributed by atoms with Crippen LogP contribution in [-0.4, -0.2) is 87.6 Å². The minimum absolute atomic E-state index is 0.0100. The van der Waals surface area contributed by atoms with Crippen LogP contribution in [0.3, 0.4) is 0 Å². The molecule has 5 atom stereocenters. The van der Waals surface area contributed by atoms with Crippen molar-refractivity contribution in [2.24, 2.45) is 0 Å². The van der Waals surface area contributed by atoms with Crippen LogP contribution in [-0.2, 0) is 4.74 Å². The van der Waals surface area contributed by atoms with Gasteiger partial charge in [0.25, 0.3) is 5.91 Å². The molecule has 1 aliphatic heterocycles. The number of aliphatic hydroxyl groups is 4. The van der Waals surface area contributed by atoms with Crippen molar-refractivity contribution < 1.29 is 49.1 Å². The van der Waals surface area contributed by atoms with Gasteiger partial charge in [0, 0.05) is 12.6 Å². The number of hydrogen-bond donors (Lipinski definition) is 6. The molecule has 4 rings (SSSR count). The molecule has 1 aromatic heterocycles. The first-order valence-electron chi connectivity index (χ1n) is 11.6. The molecule has 0 spiro atoms. The first kappa shape index (κ1) is 27.6. The number of phenolic OH excluding ortho intramolecular Hbond substituents is 1. The van der Waals surface area contributed by atoms with Gasteiger partial charge in [-0.3, -0.25) is 4.79 Å². The van der Waals surface area contributed by atoms with Crippen LogP contribution in [0.25, 0.3) is 22.5 Å². The maximum atomic E-state index is 12.7. The molecule has 0 unspecified atom stereocenters. The monoisotopic (exact) mass is 550 g/mol. The van der Waals surface area contributed by atoms with E-state index in [2.05, 4.69) is 10.5 Å². The zero-order valence-corrected chi connectivity index (χ0v) is 21.1. The van der Waals surface area contributed by atoms with Crippen LogP contribution in [0.1, 0.15) is 17.4 Å². The number of carbonyl (C=O) groups is 1. The number of nitrogens with zero attached hydrogens (tertiary/aromatic N) is 1. The van der Waals surface area contributed by atoms with Crippen molar-refractivity contribution in [1.29, 1.82) is 0 Å². The molecule has 1 fully saturated rings. The van der Waals surface area contributed by atoms with Crippen molar-refractivity contribution in [1.82, 2.24) is 10.5 Å². The zero-order valence-electron chi connectivity index (χ0n) is 20.4. The second-order valence-electron chi connectivity index (χ2n) is 8.44. The van der Waals surface area contributed by atoms with Gasteiger partial charge in [-0.2, -0.15) is 0 Å². The Balaban J connectivity index is 1.72. The van der Waals surface area contributed by atoms with Crippen molar-refractivity contribution in [3.05, 3.63) is 47.1 Å². The van der Waals surface area contributed by atoms with Crippen molar-refractivity contribution in [3.63, 3.8) is 0 Å². The fourth-order valence-electron chi connectivity index (χ4n) is 4.00. The maximum Gasteiger partial charge on any atom is 0.274 e. The summed E-state index contributed by atoms with van der Waals surface area (Å²) in [7, 11) is 1.52. The van der Waals surface area contributed by atoms with E-state index in [9.17, 15) is 30.3 Å². The normalized spacial score (nSPS) is 23.2. The Morgan fingerprint density at radius 1 is 1.13 bits per heavy atom. The summed E-state index contributed by atoms with van der Waals surface area (Å²) < 4.78 is 21.6. The number of benzene rings is 2. The molecular formula is C25H27ClN2O10. The van der Waals surface area contributed by atoms with E-state index >= 15 is 0 Å². The summed E-state index contributed by atoms with van der Waals surface area (Å²) in [5, 5.41) is 57.0. The lowest BCUT2D eigenvalue weighted by molar-refractivity contribution is -0.277. The molecular weight excluding hydrogens is 524 g/mol. The van der Waals surface area contributed by atoms with Gasteiger partial charge in [0.2, 0.25) is 6.29 Å². The summed E-state index contributed by atoms with van der Waals surface area (Å²) >= 11 is 6.42. The molecule has 1 aliphatic rings. The number of aromatic hydroxyl groups is 1. The average molecular weight is 551 g/mol. The maximum absolute atomic E-state index is 12.7. The number of methoxy groups -OCH3 is 1. The van der Waals surface area contributed by atoms with Gasteiger partial charge in [-0.05, 0) is 30.7 Å². The van der Waals surface area contributed by atoms with E-state index in [4.69, 9.17) is 30.3 Å². The number of ether oxygens (including phenoxy) is 3. The highest BCUT2D eigenvalue weighted by atomic mass is 35.5. The average Bonchev–Trinajstić information content (AvgIpc) is 3.36. The van der Waals surface area contributed by atoms with E-state index in [1.54, 1.807) is 31.2 Å². The molecule has 0 radical (unpaired) electrons. The van der Waals surface area contributed by atoms with Crippen LogP contribution in [0.5, 0.6) is 17.2 Å². The SMILES string of the molecule is CCNC(=O)c1noc(-c2cc(Cl)c(O[C@@H]3O[C@H](CO)[C@H](O)[C@H](O)[C@H]3O)cc2O)c1-c1ccc(OC)cc1. The minimum Gasteiger partial charge on any atom is -0.507 e. The Morgan fingerprint density at radius 3 is 2.47 bits per heavy atom. The Kier molecular flexibility index (Phi) is 8.41. The third-order valence-electron chi connectivity index (χ3n) is 6.01. The molecule has 6 N–H and O–H groups in total. The lowest BCUT2D eigenvalue weighted by Gasteiger charge is -2.39. The predicted octanol–water partition coefficient (Wildman–Crippen LogP) is 1.30. The highest BCUT2D eigenvalue weighted by molar-refractivity contribution is 6.32. The van der Waals surface area contributed by atoms with E-state index in [0.29, 0.717) is 23.4 Å². The quantitative estimate of drug-likeness (QED) is 0.237. The number of hydrogen-bond acceptors (Lipinski definition) is 11. The summed E-state index contributed by atoms with van der Waals surface area (Å²) in [4.78, 5) is 12.7. The van der Waals surface area contributed by atoms with Crippen LogP contribution in [0.2, 0.25) is 5.02 Å². The Bertz CT molecular complexity index is 1280. The van der Waals surface area contributed by atoms with Crippen molar-refractivity contribution >= 4 is 17.5 Å². The summed E-state index contributed by atoms with van der Waals surface area (Å²) in [5.74, 6) is -0.349. The third kappa shape index (κ3) is 5.27. The predicted molar refractivity (Wildman–Crippen MR) is 133 cm³/mol. The fraction of sp³-hybridized carbons (Fsp3) is 0.360. The lowest BCUT2D eigenvalue weighted by atomic mass is 9.98. The minimum atomic E-state index is -1.68. The van der Waals surface area contributed by atoms with Crippen LogP contribution in [0.15, 0.2) is 40.9 Å². The van der Waals surface area contributed by atoms with Crippen LogP contribution in [0.4, 0.5) is 0 Å². The van der Waals surface area contributed by atoms with Gasteiger partial charge >= 0.3 is 0 Å². The van der Waals surface area contributed by atoms with Gasteiger partial charge in [-0.25, -0.2) is 0 Å². The summed E-state index contributed by atoms with van der Waals surface area (Å²) in [6.45, 7) is 1.46. The largest absolute Gasteiger partial charge is 0.507 e. The molecule has 2 heterocycles. The molecule has 0 saturated carbocycles.